The van der Waals surface area contributed by atoms with Crippen molar-refractivity contribution in [3.63, 3.8) is 0 Å². The molecule has 0 aromatic heterocycles. The molecule has 1 aromatic carbocycles. The fraction of sp³-hybridized carbons (Fsp3) is 0.911. The molecule has 0 atom stereocenters. The number of Topliss-reactive ketones (excluding diaryl/α,β-unsaturated/α-hetero) is 1. The van der Waals surface area contributed by atoms with Gasteiger partial charge in [0.2, 0.25) is 0 Å². The van der Waals surface area contributed by atoms with E-state index in [4.69, 9.17) is 185 Å². The Balaban J connectivity index is 1.93. The molecular formula is C90H170O41S2. The number of rotatable bonds is 121. The summed E-state index contributed by atoms with van der Waals surface area (Å²) in [6.07, 6.45) is 0.0456. The third-order valence-corrected chi connectivity index (χ3v) is 19.0. The number of thioether (sulfide) groups is 2. The van der Waals surface area contributed by atoms with Crippen molar-refractivity contribution in [3.05, 3.63) is 29.8 Å². The minimum atomic E-state index is -0.454. The minimum Gasteiger partial charge on any atom is -0.426 e. The van der Waals surface area contributed by atoms with Crippen molar-refractivity contribution in [2.24, 2.45) is 5.92 Å². The molecule has 0 unspecified atom stereocenters. The Bertz CT molecular complexity index is 2310. The summed E-state index contributed by atoms with van der Waals surface area (Å²) in [7, 11) is 4.92. The molecule has 0 fully saturated rings. The van der Waals surface area contributed by atoms with Crippen LogP contribution in [-0.4, -0.2) is 538 Å². The number of hydrogen-bond donors (Lipinski definition) is 0. The number of hydrogen-bond acceptors (Lipinski definition) is 43. The summed E-state index contributed by atoms with van der Waals surface area (Å²) in [4.78, 5) is 26.6. The van der Waals surface area contributed by atoms with Crippen molar-refractivity contribution in [1.82, 2.24) is 0 Å². The van der Waals surface area contributed by atoms with E-state index < -0.39 is 5.97 Å². The van der Waals surface area contributed by atoms with Gasteiger partial charge >= 0.3 is 5.97 Å². The highest BCUT2D eigenvalue weighted by Crippen LogP contribution is 2.22. The molecule has 0 saturated heterocycles. The van der Waals surface area contributed by atoms with Crippen LogP contribution in [-0.2, 0) is 185 Å². The van der Waals surface area contributed by atoms with Crippen LogP contribution in [0.5, 0.6) is 5.75 Å². The molecule has 788 valence electrons. The standard InChI is InChI=1S/C90H170O41S2/c1-93-10-13-97-18-21-101-26-29-105-34-35-109-38-39-111-42-43-113-46-47-115-50-51-117-54-55-119-58-59-121-62-63-123-66-67-124-65-64-122-61-60-120-57-56-118-53-52-116-49-48-114-45-44-112-41-40-110-37-36-108-33-32-104-25-24-100-17-16-96-9-8-89(91)131-88-6-4-86(5-7-88)90(92)87(84-132-82-80-129-78-76-127-74-72-125-70-68-106-30-27-102-22-19-98-14-11-94-2)85-133-83-81-130-79-77-128-75-73-126-71-69-107-31-28-103-23-20-99-15-12-95-3/h4-7,87H,8-85H2,1-3H3. The van der Waals surface area contributed by atoms with Crippen molar-refractivity contribution >= 4 is 35.3 Å². The van der Waals surface area contributed by atoms with Crippen LogP contribution in [0.25, 0.3) is 0 Å². The maximum Gasteiger partial charge on any atom is 0.313 e. The molecule has 0 saturated carbocycles. The highest BCUT2D eigenvalue weighted by Gasteiger charge is 2.21. The maximum atomic E-state index is 13.9. The van der Waals surface area contributed by atoms with Crippen LogP contribution >= 0.6 is 23.5 Å². The predicted octanol–water partition coefficient (Wildman–Crippen LogP) is 3.77. The van der Waals surface area contributed by atoms with Gasteiger partial charge in [-0.2, -0.15) is 23.5 Å². The van der Waals surface area contributed by atoms with E-state index >= 15 is 0 Å². The zero-order valence-electron chi connectivity index (χ0n) is 80.6. The fourth-order valence-electron chi connectivity index (χ4n) is 9.92. The summed E-state index contributed by atoms with van der Waals surface area (Å²) in [6.45, 7) is 34.5. The lowest BCUT2D eigenvalue weighted by molar-refractivity contribution is -0.135. The van der Waals surface area contributed by atoms with Crippen LogP contribution in [0.15, 0.2) is 24.3 Å². The van der Waals surface area contributed by atoms with Crippen molar-refractivity contribution < 1.29 is 194 Å². The summed E-state index contributed by atoms with van der Waals surface area (Å²) in [6, 6.07) is 6.67. The second kappa shape index (κ2) is 117. The maximum absolute atomic E-state index is 13.9. The number of esters is 1. The summed E-state index contributed by atoms with van der Waals surface area (Å²) >= 11 is 3.32. The van der Waals surface area contributed by atoms with Gasteiger partial charge in [-0.3, -0.25) is 9.59 Å². The SMILES string of the molecule is COCCOCCOCCOCCOCCOCCOCCOCCOCCOCCOCCOCCOCCOCCOCCOCCOCCOCCOCCOCCOCCOCCOCCOCCC(=O)Oc1ccc(C(=O)C(CSCCOCCOCCOCCOCCOCCOCCOC)CSCCOCCOCCOCCOCCOCCOCCOC)cc1. The van der Waals surface area contributed by atoms with Gasteiger partial charge in [0.1, 0.15) is 5.75 Å². The highest BCUT2D eigenvalue weighted by molar-refractivity contribution is 8.00. The van der Waals surface area contributed by atoms with Gasteiger partial charge in [0.25, 0.3) is 0 Å². The van der Waals surface area contributed by atoms with E-state index in [0.29, 0.717) is 510 Å². The van der Waals surface area contributed by atoms with E-state index in [1.165, 1.54) is 0 Å². The van der Waals surface area contributed by atoms with Gasteiger partial charge < -0.3 is 185 Å². The average Bonchev–Trinajstić information content (AvgIpc) is 0.857. The molecule has 0 aliphatic carbocycles. The molecular weight excluding hydrogens is 1800 g/mol. The molecule has 43 heteroatoms. The first-order valence-electron chi connectivity index (χ1n) is 46.8. The molecule has 0 heterocycles. The Labute approximate surface area is 800 Å². The Morgan fingerprint density at radius 1 is 0.188 bits per heavy atom. The first kappa shape index (κ1) is 129. The Kier molecular flexibility index (Phi) is 113. The van der Waals surface area contributed by atoms with Gasteiger partial charge in [-0.25, -0.2) is 0 Å². The lowest BCUT2D eigenvalue weighted by atomic mass is 10.0. The van der Waals surface area contributed by atoms with Gasteiger partial charge in [0, 0.05) is 55.8 Å². The second-order valence-corrected chi connectivity index (χ2v) is 29.7. The largest absolute Gasteiger partial charge is 0.426 e. The molecule has 0 N–H and O–H groups in total. The monoisotopic (exact) mass is 1970 g/mol. The van der Waals surface area contributed by atoms with Gasteiger partial charge in [-0.15, -0.1) is 0 Å². The number of ketones is 1. The highest BCUT2D eigenvalue weighted by atomic mass is 32.2. The van der Waals surface area contributed by atoms with E-state index in [2.05, 4.69) is 0 Å². The molecule has 0 spiro atoms. The van der Waals surface area contributed by atoms with Gasteiger partial charge in [0.15, 0.2) is 5.78 Å². The number of carbonyl (C=O) groups is 2. The third-order valence-electron chi connectivity index (χ3n) is 16.8. The first-order chi connectivity index (χ1) is 66.1. The summed E-state index contributed by atoms with van der Waals surface area (Å²) in [5, 5.41) is 0. The number of methoxy groups -OCH3 is 3. The quantitative estimate of drug-likeness (QED) is 0.0387. The summed E-state index contributed by atoms with van der Waals surface area (Å²) < 4.78 is 214. The molecule has 0 bridgehead atoms. The molecule has 0 aliphatic rings. The summed E-state index contributed by atoms with van der Waals surface area (Å²) in [5.74, 6) is 2.24. The van der Waals surface area contributed by atoms with Gasteiger partial charge in [-0.1, -0.05) is 0 Å². The average molecular weight is 1970 g/mol. The number of carbonyl (C=O) groups excluding carboxylic acids is 2. The molecule has 0 radical (unpaired) electrons. The van der Waals surface area contributed by atoms with Crippen molar-refractivity contribution in [2.75, 3.05) is 527 Å². The van der Waals surface area contributed by atoms with E-state index in [1.54, 1.807) is 69.1 Å². The lowest BCUT2D eigenvalue weighted by Crippen LogP contribution is -2.21. The molecule has 133 heavy (non-hydrogen) atoms. The summed E-state index contributed by atoms with van der Waals surface area (Å²) in [5.41, 5.74) is 0.533. The van der Waals surface area contributed by atoms with E-state index in [1.807, 2.05) is 0 Å². The minimum absolute atomic E-state index is 0.00659. The topological polar surface area (TPSA) is 394 Å². The Hall–Kier alpha value is -2.46. The zero-order chi connectivity index (χ0) is 94.9. The van der Waals surface area contributed by atoms with Gasteiger partial charge in [0.05, 0.1) is 489 Å². The molecule has 41 nitrogen and oxygen atoms in total. The zero-order valence-corrected chi connectivity index (χ0v) is 82.2. The fourth-order valence-corrected chi connectivity index (χ4v) is 12.0. The van der Waals surface area contributed by atoms with E-state index in [0.717, 1.165) is 0 Å². The Morgan fingerprint density at radius 3 is 0.474 bits per heavy atom. The predicted molar refractivity (Wildman–Crippen MR) is 493 cm³/mol. The van der Waals surface area contributed by atoms with Crippen molar-refractivity contribution in [3.8, 4) is 5.75 Å². The molecule has 0 amide bonds. The molecule has 0 aliphatic heterocycles. The first-order valence-corrected chi connectivity index (χ1v) is 49.1. The van der Waals surface area contributed by atoms with Crippen LogP contribution in [0.3, 0.4) is 0 Å². The van der Waals surface area contributed by atoms with Crippen molar-refractivity contribution in [2.45, 2.75) is 6.42 Å². The van der Waals surface area contributed by atoms with Crippen LogP contribution < -0.4 is 4.74 Å². The normalized spacial score (nSPS) is 11.8. The van der Waals surface area contributed by atoms with Gasteiger partial charge in [-0.05, 0) is 24.3 Å². The Morgan fingerprint density at radius 2 is 0.323 bits per heavy atom. The third kappa shape index (κ3) is 107. The van der Waals surface area contributed by atoms with Crippen LogP contribution in [0.2, 0.25) is 0 Å². The van der Waals surface area contributed by atoms with E-state index in [-0.39, 0.29) is 24.7 Å². The molecule has 1 aromatic rings. The second-order valence-electron chi connectivity index (χ2n) is 27.4. The number of benzene rings is 1. The lowest BCUT2D eigenvalue weighted by Gasteiger charge is -2.16. The van der Waals surface area contributed by atoms with Crippen molar-refractivity contribution in [1.29, 1.82) is 0 Å². The number of ether oxygens (including phenoxy) is 39. The smallest absolute Gasteiger partial charge is 0.313 e. The van der Waals surface area contributed by atoms with Crippen LogP contribution in [0, 0.1) is 5.92 Å². The molecule has 1 rings (SSSR count). The van der Waals surface area contributed by atoms with Crippen LogP contribution in [0.1, 0.15) is 16.8 Å². The van der Waals surface area contributed by atoms with Crippen LogP contribution in [0.4, 0.5) is 0 Å². The van der Waals surface area contributed by atoms with E-state index in [9.17, 15) is 9.59 Å².